The Kier molecular flexibility index (Phi) is 6.69. The molecule has 0 aliphatic carbocycles. The second-order valence-corrected chi connectivity index (χ2v) is 7.88. The fourth-order valence-electron chi connectivity index (χ4n) is 4.00. The predicted octanol–water partition coefficient (Wildman–Crippen LogP) is 0.509. The Morgan fingerprint density at radius 1 is 0.686 bits per heavy atom. The van der Waals surface area contributed by atoms with Crippen LogP contribution in [0, 0.1) is 0 Å². The van der Waals surface area contributed by atoms with Crippen LogP contribution in [0.5, 0.6) is 0 Å². The van der Waals surface area contributed by atoms with Gasteiger partial charge in [-0.3, -0.25) is 33.8 Å². The largest absolute Gasteiger partial charge is 0.480 e. The third kappa shape index (κ3) is 4.66. The smallest absolute Gasteiger partial charge is 0.329 e. The van der Waals surface area contributed by atoms with E-state index in [-0.39, 0.29) is 48.4 Å². The van der Waals surface area contributed by atoms with Crippen LogP contribution in [0.3, 0.4) is 0 Å². The van der Waals surface area contributed by atoms with Gasteiger partial charge in [-0.15, -0.1) is 0 Å². The predicted molar refractivity (Wildman–Crippen MR) is 119 cm³/mol. The maximum Gasteiger partial charge on any atom is 0.329 e. The van der Waals surface area contributed by atoms with Crippen molar-refractivity contribution in [2.24, 2.45) is 0 Å². The lowest BCUT2D eigenvalue weighted by atomic mass is 10.1. The van der Waals surface area contributed by atoms with Gasteiger partial charge in [0.1, 0.15) is 13.2 Å². The van der Waals surface area contributed by atoms with E-state index in [0.29, 0.717) is 0 Å². The number of benzene rings is 2. The molecule has 2 aromatic rings. The number of imide groups is 2. The van der Waals surface area contributed by atoms with E-state index in [2.05, 4.69) is 0 Å². The first-order valence-corrected chi connectivity index (χ1v) is 10.8. The van der Waals surface area contributed by atoms with Crippen LogP contribution in [0.4, 0.5) is 0 Å². The summed E-state index contributed by atoms with van der Waals surface area (Å²) in [6.07, 6.45) is 0. The van der Waals surface area contributed by atoms with Gasteiger partial charge in [-0.2, -0.15) is 0 Å². The summed E-state index contributed by atoms with van der Waals surface area (Å²) in [5, 5.41) is 8.73. The molecule has 0 fully saturated rings. The van der Waals surface area contributed by atoms with Crippen molar-refractivity contribution in [3.05, 3.63) is 70.8 Å². The molecule has 11 heteroatoms. The van der Waals surface area contributed by atoms with E-state index in [4.69, 9.17) is 9.84 Å². The Labute approximate surface area is 199 Å². The molecule has 11 nitrogen and oxygen atoms in total. The van der Waals surface area contributed by atoms with Crippen molar-refractivity contribution in [2.75, 3.05) is 39.4 Å². The highest BCUT2D eigenvalue weighted by Gasteiger charge is 2.37. The Balaban J connectivity index is 1.44. The molecule has 4 rings (SSSR count). The van der Waals surface area contributed by atoms with Crippen molar-refractivity contribution in [3.63, 3.8) is 0 Å². The number of nitrogens with zero attached hydrogens (tertiary/aromatic N) is 3. The van der Waals surface area contributed by atoms with Crippen LogP contribution in [0.25, 0.3) is 0 Å². The van der Waals surface area contributed by atoms with Gasteiger partial charge in [-0.25, -0.2) is 4.79 Å². The SMILES string of the molecule is O=C(O)COCC(=O)N(CCN1C(=O)c2ccccc2C1=O)CCN1C(=O)c2ccccc2C1=O. The third-order valence-corrected chi connectivity index (χ3v) is 5.75. The molecule has 0 unspecified atom stereocenters. The molecular formula is C24H21N3O8. The number of carbonyl (C=O) groups excluding carboxylic acids is 5. The number of hydrogen-bond donors (Lipinski definition) is 1. The van der Waals surface area contributed by atoms with Gasteiger partial charge in [-0.05, 0) is 24.3 Å². The molecule has 35 heavy (non-hydrogen) atoms. The summed E-state index contributed by atoms with van der Waals surface area (Å²) in [7, 11) is 0. The van der Waals surface area contributed by atoms with Crippen LogP contribution in [-0.4, -0.2) is 94.7 Å². The number of amides is 5. The van der Waals surface area contributed by atoms with E-state index in [0.717, 1.165) is 9.80 Å². The molecule has 0 aromatic heterocycles. The molecule has 2 aromatic carbocycles. The maximum absolute atomic E-state index is 12.7. The fourth-order valence-corrected chi connectivity index (χ4v) is 4.00. The maximum atomic E-state index is 12.7. The van der Waals surface area contributed by atoms with Crippen LogP contribution in [-0.2, 0) is 14.3 Å². The minimum Gasteiger partial charge on any atom is -0.480 e. The molecule has 0 bridgehead atoms. The Morgan fingerprint density at radius 3 is 1.40 bits per heavy atom. The number of carboxylic acids is 1. The highest BCUT2D eigenvalue weighted by Crippen LogP contribution is 2.23. The van der Waals surface area contributed by atoms with Gasteiger partial charge in [0.05, 0.1) is 22.3 Å². The molecule has 1 N–H and O–H groups in total. The number of rotatable bonds is 10. The number of ether oxygens (including phenoxy) is 1. The minimum atomic E-state index is -1.25. The lowest BCUT2D eigenvalue weighted by Crippen LogP contribution is -2.46. The van der Waals surface area contributed by atoms with Crippen LogP contribution in [0.1, 0.15) is 41.4 Å². The van der Waals surface area contributed by atoms with Crippen LogP contribution in [0.2, 0.25) is 0 Å². The van der Waals surface area contributed by atoms with Gasteiger partial charge in [0.15, 0.2) is 0 Å². The van der Waals surface area contributed by atoms with E-state index < -0.39 is 48.7 Å². The Bertz CT molecular complexity index is 1090. The Morgan fingerprint density at radius 2 is 1.06 bits per heavy atom. The van der Waals surface area contributed by atoms with Crippen molar-refractivity contribution < 1.29 is 38.6 Å². The zero-order valence-corrected chi connectivity index (χ0v) is 18.5. The van der Waals surface area contributed by atoms with Crippen molar-refractivity contribution in [3.8, 4) is 0 Å². The van der Waals surface area contributed by atoms with Crippen LogP contribution in [0.15, 0.2) is 48.5 Å². The number of aliphatic carboxylic acids is 1. The van der Waals surface area contributed by atoms with E-state index >= 15 is 0 Å². The lowest BCUT2D eigenvalue weighted by molar-refractivity contribution is -0.146. The van der Waals surface area contributed by atoms with Crippen molar-refractivity contribution >= 4 is 35.5 Å². The number of hydrogen-bond acceptors (Lipinski definition) is 7. The van der Waals surface area contributed by atoms with Gasteiger partial charge in [0.25, 0.3) is 23.6 Å². The van der Waals surface area contributed by atoms with Gasteiger partial charge < -0.3 is 14.7 Å². The first-order valence-electron chi connectivity index (χ1n) is 10.8. The number of carboxylic acid groups (broad SMARTS) is 1. The summed E-state index contributed by atoms with van der Waals surface area (Å²) in [6, 6.07) is 12.7. The normalized spacial score (nSPS) is 14.4. The standard InChI is InChI=1S/C24H21N3O8/c28-19(13-35-14-20(29)30)25(9-11-26-21(31)15-5-1-2-6-16(15)22(26)32)10-12-27-23(33)17-7-3-4-8-18(17)24(27)34/h1-8H,9-14H2,(H,29,30). The zero-order chi connectivity index (χ0) is 25.1. The summed E-state index contributed by atoms with van der Waals surface area (Å²) in [5.41, 5.74) is 1.08. The van der Waals surface area contributed by atoms with E-state index in [1.807, 2.05) is 0 Å². The number of carbonyl (C=O) groups is 6. The fraction of sp³-hybridized carbons (Fsp3) is 0.250. The van der Waals surface area contributed by atoms with E-state index in [9.17, 15) is 28.8 Å². The van der Waals surface area contributed by atoms with Crippen LogP contribution < -0.4 is 0 Å². The minimum absolute atomic E-state index is 0.0934. The molecule has 0 atom stereocenters. The average molecular weight is 479 g/mol. The molecule has 0 spiro atoms. The molecule has 0 saturated heterocycles. The first-order chi connectivity index (χ1) is 16.8. The van der Waals surface area contributed by atoms with Gasteiger partial charge >= 0.3 is 5.97 Å². The number of fused-ring (bicyclic) bond motifs is 2. The lowest BCUT2D eigenvalue weighted by Gasteiger charge is -2.26. The molecule has 180 valence electrons. The second kappa shape index (κ2) is 9.85. The van der Waals surface area contributed by atoms with Gasteiger partial charge in [0, 0.05) is 26.2 Å². The summed E-state index contributed by atoms with van der Waals surface area (Å²) in [5.74, 6) is -3.80. The third-order valence-electron chi connectivity index (χ3n) is 5.75. The zero-order valence-electron chi connectivity index (χ0n) is 18.5. The van der Waals surface area contributed by atoms with E-state index in [1.165, 1.54) is 4.90 Å². The topological polar surface area (TPSA) is 142 Å². The van der Waals surface area contributed by atoms with E-state index in [1.54, 1.807) is 48.5 Å². The summed E-state index contributed by atoms with van der Waals surface area (Å²) in [6.45, 7) is -1.68. The molecular weight excluding hydrogens is 458 g/mol. The highest BCUT2D eigenvalue weighted by atomic mass is 16.5. The van der Waals surface area contributed by atoms with Crippen molar-refractivity contribution in [2.45, 2.75) is 0 Å². The molecule has 5 amide bonds. The highest BCUT2D eigenvalue weighted by molar-refractivity contribution is 6.22. The average Bonchev–Trinajstić information content (AvgIpc) is 3.24. The summed E-state index contributed by atoms with van der Waals surface area (Å²) < 4.78 is 4.88. The quantitative estimate of drug-likeness (QED) is 0.486. The second-order valence-electron chi connectivity index (χ2n) is 7.88. The summed E-state index contributed by atoms with van der Waals surface area (Å²) in [4.78, 5) is 77.2. The first kappa shape index (κ1) is 23.8. The Hall–Kier alpha value is -4.38. The van der Waals surface area contributed by atoms with Gasteiger partial charge in [0.2, 0.25) is 5.91 Å². The van der Waals surface area contributed by atoms with Crippen molar-refractivity contribution in [1.29, 1.82) is 0 Å². The van der Waals surface area contributed by atoms with Gasteiger partial charge in [-0.1, -0.05) is 24.3 Å². The molecule has 2 aliphatic rings. The van der Waals surface area contributed by atoms with Crippen LogP contribution >= 0.6 is 0 Å². The molecule has 0 radical (unpaired) electrons. The monoisotopic (exact) mass is 479 g/mol. The molecule has 2 heterocycles. The molecule has 2 aliphatic heterocycles. The summed E-state index contributed by atoms with van der Waals surface area (Å²) >= 11 is 0. The van der Waals surface area contributed by atoms with Crippen molar-refractivity contribution in [1.82, 2.24) is 14.7 Å². The molecule has 0 saturated carbocycles.